The summed E-state index contributed by atoms with van der Waals surface area (Å²) in [5.74, 6) is 0.515. The molecule has 0 unspecified atom stereocenters. The van der Waals surface area contributed by atoms with Crippen LogP contribution in [-0.2, 0) is 17.5 Å². The molecule has 2 aromatic carbocycles. The minimum Gasteiger partial charge on any atom is -0.474 e. The van der Waals surface area contributed by atoms with E-state index in [1.54, 1.807) is 6.07 Å². The Bertz CT molecular complexity index is 961. The Labute approximate surface area is 154 Å². The highest BCUT2D eigenvalue weighted by Crippen LogP contribution is 2.30. The number of halogens is 3. The third kappa shape index (κ3) is 3.74. The normalized spacial score (nSPS) is 16.9. The third-order valence-electron chi connectivity index (χ3n) is 4.49. The molecule has 0 aliphatic carbocycles. The van der Waals surface area contributed by atoms with Crippen LogP contribution in [0.5, 0.6) is 0 Å². The van der Waals surface area contributed by atoms with E-state index in [0.717, 1.165) is 17.3 Å². The lowest BCUT2D eigenvalue weighted by molar-refractivity contribution is -0.137. The summed E-state index contributed by atoms with van der Waals surface area (Å²) in [4.78, 5) is 4.65. The molecule has 0 N–H and O–H groups in total. The summed E-state index contributed by atoms with van der Waals surface area (Å²) in [6.07, 6.45) is -2.53. The van der Waals surface area contributed by atoms with Crippen LogP contribution in [0.2, 0.25) is 0 Å². The van der Waals surface area contributed by atoms with Crippen molar-refractivity contribution in [3.63, 3.8) is 0 Å². The zero-order valence-electron chi connectivity index (χ0n) is 14.4. The van der Waals surface area contributed by atoms with E-state index in [-0.39, 0.29) is 6.04 Å². The van der Waals surface area contributed by atoms with Crippen LogP contribution >= 0.6 is 0 Å². The van der Waals surface area contributed by atoms with Crippen LogP contribution < -0.4 is 0 Å². The van der Waals surface area contributed by atoms with Gasteiger partial charge in [0.1, 0.15) is 18.3 Å². The van der Waals surface area contributed by atoms with E-state index in [2.05, 4.69) is 4.99 Å². The predicted molar refractivity (Wildman–Crippen MR) is 96.7 cm³/mol. The Morgan fingerprint density at radius 2 is 1.81 bits per heavy atom. The smallest absolute Gasteiger partial charge is 0.416 e. The number of ether oxygens (including phenoxy) is 1. The minimum atomic E-state index is -4.35. The van der Waals surface area contributed by atoms with Crippen molar-refractivity contribution in [2.75, 3.05) is 6.61 Å². The fourth-order valence-corrected chi connectivity index (χ4v) is 3.15. The third-order valence-corrected chi connectivity index (χ3v) is 4.49. The predicted octanol–water partition coefficient (Wildman–Crippen LogP) is 5.07. The zero-order valence-corrected chi connectivity index (χ0v) is 14.4. The Balaban J connectivity index is 1.57. The first kappa shape index (κ1) is 17.4. The van der Waals surface area contributed by atoms with Crippen molar-refractivity contribution in [1.82, 2.24) is 4.57 Å². The molecule has 1 aliphatic heterocycles. The summed E-state index contributed by atoms with van der Waals surface area (Å²) >= 11 is 0. The van der Waals surface area contributed by atoms with E-state index in [1.165, 1.54) is 12.1 Å². The molecule has 0 saturated carbocycles. The van der Waals surface area contributed by atoms with E-state index in [9.17, 15) is 13.2 Å². The molecular formula is C21H17F3N2O. The molecule has 3 nitrogen and oxygen atoms in total. The largest absolute Gasteiger partial charge is 0.474 e. The Morgan fingerprint density at radius 1 is 1.00 bits per heavy atom. The van der Waals surface area contributed by atoms with Crippen molar-refractivity contribution in [1.29, 1.82) is 0 Å². The van der Waals surface area contributed by atoms with Gasteiger partial charge in [-0.05, 0) is 35.4 Å². The maximum absolute atomic E-state index is 12.9. The molecule has 6 heteroatoms. The number of rotatable bonds is 4. The first-order valence-electron chi connectivity index (χ1n) is 8.58. The van der Waals surface area contributed by atoms with Gasteiger partial charge in [0.15, 0.2) is 0 Å². The summed E-state index contributed by atoms with van der Waals surface area (Å²) < 4.78 is 46.4. The van der Waals surface area contributed by atoms with Gasteiger partial charge in [0.2, 0.25) is 5.90 Å². The maximum Gasteiger partial charge on any atom is 0.416 e. The van der Waals surface area contributed by atoms with Crippen LogP contribution in [0.3, 0.4) is 0 Å². The van der Waals surface area contributed by atoms with Crippen LogP contribution in [0.25, 0.3) is 0 Å². The molecule has 0 saturated heterocycles. The van der Waals surface area contributed by atoms with Crippen molar-refractivity contribution in [3.8, 4) is 0 Å². The molecule has 4 rings (SSSR count). The second kappa shape index (κ2) is 6.95. The van der Waals surface area contributed by atoms with Gasteiger partial charge < -0.3 is 9.30 Å². The molecule has 0 spiro atoms. The number of hydrogen-bond acceptors (Lipinski definition) is 2. The fraction of sp³-hybridized carbons (Fsp3) is 0.190. The summed E-state index contributed by atoms with van der Waals surface area (Å²) in [5, 5.41) is 0. The second-order valence-corrected chi connectivity index (χ2v) is 6.39. The average Bonchev–Trinajstić information content (AvgIpc) is 3.31. The Hall–Kier alpha value is -3.02. The molecule has 3 aromatic rings. The summed E-state index contributed by atoms with van der Waals surface area (Å²) in [5.41, 5.74) is 1.75. The molecule has 138 valence electrons. The second-order valence-electron chi connectivity index (χ2n) is 6.39. The lowest BCUT2D eigenvalue weighted by atomic mass is 10.1. The monoisotopic (exact) mass is 370 g/mol. The van der Waals surface area contributed by atoms with Gasteiger partial charge in [-0.3, -0.25) is 0 Å². The Kier molecular flexibility index (Phi) is 4.48. The molecule has 0 amide bonds. The highest BCUT2D eigenvalue weighted by molar-refractivity contribution is 5.93. The van der Waals surface area contributed by atoms with Gasteiger partial charge in [-0.1, -0.05) is 42.5 Å². The molecule has 0 radical (unpaired) electrons. The number of alkyl halides is 3. The average molecular weight is 370 g/mol. The molecule has 2 heterocycles. The quantitative estimate of drug-likeness (QED) is 0.630. The van der Waals surface area contributed by atoms with E-state index >= 15 is 0 Å². The summed E-state index contributed by atoms with van der Waals surface area (Å²) in [6.45, 7) is 0.763. The van der Waals surface area contributed by atoms with Gasteiger partial charge in [-0.2, -0.15) is 13.2 Å². The highest BCUT2D eigenvalue weighted by atomic mass is 19.4. The number of aromatic nitrogens is 1. The highest BCUT2D eigenvalue weighted by Gasteiger charge is 2.30. The van der Waals surface area contributed by atoms with E-state index in [4.69, 9.17) is 4.74 Å². The van der Waals surface area contributed by atoms with Crippen molar-refractivity contribution in [2.45, 2.75) is 18.8 Å². The molecule has 0 fully saturated rings. The van der Waals surface area contributed by atoms with Crippen molar-refractivity contribution >= 4 is 5.90 Å². The van der Waals surface area contributed by atoms with Gasteiger partial charge in [-0.25, -0.2) is 4.99 Å². The van der Waals surface area contributed by atoms with E-state index < -0.39 is 11.7 Å². The van der Waals surface area contributed by atoms with E-state index in [0.29, 0.717) is 24.6 Å². The van der Waals surface area contributed by atoms with Crippen molar-refractivity contribution < 1.29 is 17.9 Å². The number of aliphatic imine (C=N–C) groups is 1. The molecule has 1 aromatic heterocycles. The summed E-state index contributed by atoms with van der Waals surface area (Å²) in [7, 11) is 0. The molecule has 27 heavy (non-hydrogen) atoms. The molecule has 1 aliphatic rings. The van der Waals surface area contributed by atoms with Gasteiger partial charge in [0, 0.05) is 12.7 Å². The lowest BCUT2D eigenvalue weighted by Gasteiger charge is -2.11. The maximum atomic E-state index is 12.9. The van der Waals surface area contributed by atoms with Crippen LogP contribution in [0, 0.1) is 0 Å². The lowest BCUT2D eigenvalue weighted by Crippen LogP contribution is -2.11. The van der Waals surface area contributed by atoms with Crippen LogP contribution in [0.4, 0.5) is 13.2 Å². The number of benzene rings is 2. The topological polar surface area (TPSA) is 26.5 Å². The van der Waals surface area contributed by atoms with Crippen molar-refractivity contribution in [2.24, 2.45) is 4.99 Å². The first-order chi connectivity index (χ1) is 13.0. The molecule has 1 atom stereocenters. The minimum absolute atomic E-state index is 0.0712. The fourth-order valence-electron chi connectivity index (χ4n) is 3.15. The SMILES string of the molecule is FC(F)(F)c1cccc(Cn2cccc2C2=N[C@@H](c3ccccc3)CO2)c1. The number of hydrogen-bond donors (Lipinski definition) is 0. The first-order valence-corrected chi connectivity index (χ1v) is 8.58. The molecule has 0 bridgehead atoms. The molecular weight excluding hydrogens is 353 g/mol. The Morgan fingerprint density at radius 3 is 2.59 bits per heavy atom. The van der Waals surface area contributed by atoms with Gasteiger partial charge in [0.25, 0.3) is 0 Å². The van der Waals surface area contributed by atoms with Crippen molar-refractivity contribution in [3.05, 3.63) is 95.3 Å². The van der Waals surface area contributed by atoms with Crippen LogP contribution in [0.15, 0.2) is 77.9 Å². The van der Waals surface area contributed by atoms with E-state index in [1.807, 2.05) is 53.2 Å². The van der Waals surface area contributed by atoms with Gasteiger partial charge >= 0.3 is 6.18 Å². The number of nitrogens with zero attached hydrogens (tertiary/aromatic N) is 2. The van der Waals surface area contributed by atoms with Crippen LogP contribution in [0.1, 0.15) is 28.4 Å². The van der Waals surface area contributed by atoms with Gasteiger partial charge in [-0.15, -0.1) is 0 Å². The summed E-state index contributed by atoms with van der Waals surface area (Å²) in [6, 6.07) is 18.9. The standard InChI is InChI=1S/C21H17F3N2O/c22-21(23,24)17-9-4-6-15(12-17)13-26-11-5-10-19(26)20-25-18(14-27-20)16-7-2-1-3-8-16/h1-12,18H,13-14H2/t18-/m1/s1. The van der Waals surface area contributed by atoms with Crippen LogP contribution in [-0.4, -0.2) is 17.1 Å². The zero-order chi connectivity index (χ0) is 18.9. The van der Waals surface area contributed by atoms with Gasteiger partial charge in [0.05, 0.1) is 5.56 Å².